The third kappa shape index (κ3) is 4.82. The van der Waals surface area contributed by atoms with Crippen molar-refractivity contribution in [3.63, 3.8) is 0 Å². The Morgan fingerprint density at radius 2 is 2.12 bits per heavy atom. The van der Waals surface area contributed by atoms with Gasteiger partial charge in [-0.3, -0.25) is 9.78 Å². The highest BCUT2D eigenvalue weighted by atomic mass is 79.9. The van der Waals surface area contributed by atoms with Crippen molar-refractivity contribution in [2.75, 3.05) is 11.9 Å². The van der Waals surface area contributed by atoms with E-state index < -0.39 is 12.5 Å². The number of hydrogen-bond acceptors (Lipinski definition) is 4. The molecule has 0 aliphatic heterocycles. The first-order chi connectivity index (χ1) is 12.4. The van der Waals surface area contributed by atoms with Crippen molar-refractivity contribution in [3.8, 4) is 11.5 Å². The number of hydrogen-bond donors (Lipinski definition) is 1. The van der Waals surface area contributed by atoms with Crippen LogP contribution in [0, 0.1) is 5.92 Å². The van der Waals surface area contributed by atoms with Crippen molar-refractivity contribution >= 4 is 39.1 Å². The Labute approximate surface area is 161 Å². The number of halogens is 4. The fraction of sp³-hybridized carbons (Fsp3) is 0.294. The number of rotatable bonds is 7. The summed E-state index contributed by atoms with van der Waals surface area (Å²) >= 11 is 9.29. The summed E-state index contributed by atoms with van der Waals surface area (Å²) in [6, 6.07) is 4.03. The molecule has 1 heterocycles. The summed E-state index contributed by atoms with van der Waals surface area (Å²) < 4.78 is 35.7. The maximum atomic E-state index is 12.6. The molecule has 1 aromatic heterocycles. The minimum atomic E-state index is -2.98. The molecule has 1 N–H and O–H groups in total. The smallest absolute Gasteiger partial charge is 0.387 e. The number of nitrogens with zero attached hydrogens (tertiary/aromatic N) is 1. The topological polar surface area (TPSA) is 60.5 Å². The van der Waals surface area contributed by atoms with Crippen molar-refractivity contribution in [3.05, 3.63) is 45.7 Å². The predicted molar refractivity (Wildman–Crippen MR) is 96.2 cm³/mol. The number of alkyl halides is 2. The van der Waals surface area contributed by atoms with Gasteiger partial charge in [0.25, 0.3) is 5.91 Å². The molecule has 2 aromatic rings. The van der Waals surface area contributed by atoms with E-state index in [0.29, 0.717) is 22.7 Å². The molecular weight excluding hydrogens is 434 g/mol. The van der Waals surface area contributed by atoms with E-state index in [1.165, 1.54) is 30.6 Å². The standard InChI is InChI=1S/C17H14BrClF2N2O3/c18-11-6-22-7-12(19)15(11)23-16(24)10-3-4-13(26-17(20)21)14(5-10)25-8-9-1-2-9/h3-7,9,17H,1-2,8H2,(H,22,23,24). The van der Waals surface area contributed by atoms with Crippen molar-refractivity contribution in [1.29, 1.82) is 0 Å². The predicted octanol–water partition coefficient (Wildman–Crippen LogP) is 5.14. The Balaban J connectivity index is 1.81. The van der Waals surface area contributed by atoms with Gasteiger partial charge in [-0.1, -0.05) is 11.6 Å². The summed E-state index contributed by atoms with van der Waals surface area (Å²) in [5, 5.41) is 2.92. The molecule has 0 saturated heterocycles. The van der Waals surface area contributed by atoms with Crippen LogP contribution in [0.1, 0.15) is 23.2 Å². The molecule has 0 radical (unpaired) electrons. The highest BCUT2D eigenvalue weighted by Crippen LogP contribution is 2.35. The number of benzene rings is 1. The summed E-state index contributed by atoms with van der Waals surface area (Å²) in [7, 11) is 0. The minimum Gasteiger partial charge on any atom is -0.489 e. The quantitative estimate of drug-likeness (QED) is 0.638. The van der Waals surface area contributed by atoms with Gasteiger partial charge >= 0.3 is 6.61 Å². The van der Waals surface area contributed by atoms with Crippen molar-refractivity contribution in [1.82, 2.24) is 4.98 Å². The molecule has 0 spiro atoms. The fourth-order valence-corrected chi connectivity index (χ4v) is 2.91. The Hall–Kier alpha value is -1.93. The van der Waals surface area contributed by atoms with Crippen molar-refractivity contribution < 1.29 is 23.0 Å². The fourth-order valence-electron chi connectivity index (χ4n) is 2.16. The molecule has 138 valence electrons. The van der Waals surface area contributed by atoms with Crippen molar-refractivity contribution in [2.45, 2.75) is 19.5 Å². The van der Waals surface area contributed by atoms with Crippen molar-refractivity contribution in [2.24, 2.45) is 5.92 Å². The van der Waals surface area contributed by atoms with Crippen LogP contribution in [0.15, 0.2) is 35.1 Å². The number of carbonyl (C=O) groups excluding carboxylic acids is 1. The zero-order valence-corrected chi connectivity index (χ0v) is 15.7. The molecule has 0 unspecified atom stereocenters. The van der Waals surface area contributed by atoms with Crippen LogP contribution in [-0.2, 0) is 0 Å². The summed E-state index contributed by atoms with van der Waals surface area (Å²) in [6.45, 7) is -2.59. The van der Waals surface area contributed by atoms with Crippen LogP contribution in [0.3, 0.4) is 0 Å². The monoisotopic (exact) mass is 446 g/mol. The van der Waals surface area contributed by atoms with Gasteiger partial charge in [0.2, 0.25) is 0 Å². The van der Waals surface area contributed by atoms with E-state index in [2.05, 4.69) is 31.0 Å². The van der Waals surface area contributed by atoms with Crippen LogP contribution in [-0.4, -0.2) is 24.1 Å². The highest BCUT2D eigenvalue weighted by Gasteiger charge is 2.23. The van der Waals surface area contributed by atoms with Gasteiger partial charge in [0, 0.05) is 18.0 Å². The number of nitrogens with one attached hydrogen (secondary N) is 1. The molecule has 3 rings (SSSR count). The number of anilines is 1. The third-order valence-corrected chi connectivity index (χ3v) is 4.57. The van der Waals surface area contributed by atoms with Crippen LogP contribution < -0.4 is 14.8 Å². The Kier molecular flexibility index (Phi) is 5.93. The highest BCUT2D eigenvalue weighted by molar-refractivity contribution is 9.10. The summed E-state index contributed by atoms with van der Waals surface area (Å²) in [4.78, 5) is 16.4. The zero-order valence-electron chi connectivity index (χ0n) is 13.3. The normalized spacial score (nSPS) is 13.6. The van der Waals surface area contributed by atoms with Crippen LogP contribution in [0.25, 0.3) is 0 Å². The molecule has 1 fully saturated rings. The van der Waals surface area contributed by atoms with Gasteiger partial charge in [0.15, 0.2) is 11.5 Å². The summed E-state index contributed by atoms with van der Waals surface area (Å²) in [5.41, 5.74) is 0.581. The second-order valence-corrected chi connectivity index (χ2v) is 6.99. The molecular formula is C17H14BrClF2N2O3. The molecule has 1 aromatic carbocycles. The van der Waals surface area contributed by atoms with E-state index >= 15 is 0 Å². The van der Waals surface area contributed by atoms with Crippen LogP contribution >= 0.6 is 27.5 Å². The molecule has 1 amide bonds. The first kappa shape index (κ1) is 18.8. The molecule has 1 aliphatic rings. The summed E-state index contributed by atoms with van der Waals surface area (Å²) in [6.07, 6.45) is 4.97. The van der Waals surface area contributed by atoms with E-state index in [-0.39, 0.29) is 22.1 Å². The number of carbonyl (C=O) groups is 1. The maximum absolute atomic E-state index is 12.6. The SMILES string of the molecule is O=C(Nc1c(Cl)cncc1Br)c1ccc(OC(F)F)c(OCC2CC2)c1. The Morgan fingerprint density at radius 3 is 2.77 bits per heavy atom. The maximum Gasteiger partial charge on any atom is 0.387 e. The number of pyridine rings is 1. The lowest BCUT2D eigenvalue weighted by Gasteiger charge is -2.14. The van der Waals surface area contributed by atoms with Crippen LogP contribution in [0.5, 0.6) is 11.5 Å². The Morgan fingerprint density at radius 1 is 1.35 bits per heavy atom. The largest absolute Gasteiger partial charge is 0.489 e. The molecule has 5 nitrogen and oxygen atoms in total. The molecule has 0 atom stereocenters. The number of aromatic nitrogens is 1. The van der Waals surface area contributed by atoms with E-state index in [1.807, 2.05) is 0 Å². The average molecular weight is 448 g/mol. The number of amides is 1. The van der Waals surface area contributed by atoms with Gasteiger partial charge in [0.1, 0.15) is 0 Å². The zero-order chi connectivity index (χ0) is 18.7. The van der Waals surface area contributed by atoms with Gasteiger partial charge in [0.05, 0.1) is 21.8 Å². The van der Waals surface area contributed by atoms with Gasteiger partial charge in [-0.15, -0.1) is 0 Å². The average Bonchev–Trinajstić information content (AvgIpc) is 3.41. The molecule has 0 bridgehead atoms. The first-order valence-corrected chi connectivity index (χ1v) is 8.93. The van der Waals surface area contributed by atoms with Gasteiger partial charge < -0.3 is 14.8 Å². The molecule has 1 saturated carbocycles. The Bertz CT molecular complexity index is 798. The molecule has 9 heteroatoms. The van der Waals surface area contributed by atoms with Gasteiger partial charge in [-0.2, -0.15) is 8.78 Å². The molecule has 1 aliphatic carbocycles. The lowest BCUT2D eigenvalue weighted by molar-refractivity contribution is -0.0515. The van der Waals surface area contributed by atoms with Crippen LogP contribution in [0.2, 0.25) is 5.02 Å². The third-order valence-electron chi connectivity index (χ3n) is 3.69. The van der Waals surface area contributed by atoms with E-state index in [9.17, 15) is 13.6 Å². The lowest BCUT2D eigenvalue weighted by Crippen LogP contribution is -2.14. The second kappa shape index (κ2) is 8.18. The van der Waals surface area contributed by atoms with Gasteiger partial charge in [-0.05, 0) is 52.9 Å². The van der Waals surface area contributed by atoms with E-state index in [4.69, 9.17) is 16.3 Å². The van der Waals surface area contributed by atoms with Gasteiger partial charge in [-0.25, -0.2) is 0 Å². The molecule has 26 heavy (non-hydrogen) atoms. The van der Waals surface area contributed by atoms with E-state index in [0.717, 1.165) is 12.8 Å². The summed E-state index contributed by atoms with van der Waals surface area (Å²) in [5.74, 6) is -0.0674. The number of ether oxygens (including phenoxy) is 2. The minimum absolute atomic E-state index is 0.102. The lowest BCUT2D eigenvalue weighted by atomic mass is 10.2. The van der Waals surface area contributed by atoms with E-state index in [1.54, 1.807) is 0 Å². The van der Waals surface area contributed by atoms with Crippen LogP contribution in [0.4, 0.5) is 14.5 Å². The first-order valence-electron chi connectivity index (χ1n) is 7.76. The second-order valence-electron chi connectivity index (χ2n) is 5.73.